The number of esters is 1. The molecule has 0 amide bonds. The van der Waals surface area contributed by atoms with E-state index in [1.54, 1.807) is 24.3 Å². The van der Waals surface area contributed by atoms with Gasteiger partial charge in [-0.15, -0.1) is 0 Å². The number of carbonyl (C=O) groups is 2. The van der Waals surface area contributed by atoms with E-state index in [1.165, 1.54) is 6.08 Å². The van der Waals surface area contributed by atoms with Gasteiger partial charge in [-0.1, -0.05) is 11.6 Å². The van der Waals surface area contributed by atoms with E-state index in [0.717, 1.165) is 0 Å². The Morgan fingerprint density at radius 3 is 2.50 bits per heavy atom. The van der Waals surface area contributed by atoms with Crippen LogP contribution in [0.2, 0.25) is 5.02 Å². The third-order valence-electron chi connectivity index (χ3n) is 2.24. The van der Waals surface area contributed by atoms with Gasteiger partial charge < -0.3 is 4.74 Å². The molecule has 0 aromatic heterocycles. The van der Waals surface area contributed by atoms with Gasteiger partial charge in [0.1, 0.15) is 5.76 Å². The number of ether oxygens (including phenoxy) is 1. The summed E-state index contributed by atoms with van der Waals surface area (Å²) in [6.45, 7) is 0. The minimum absolute atomic E-state index is 0.179. The number of benzene rings is 1. The van der Waals surface area contributed by atoms with Crippen molar-refractivity contribution in [3.8, 4) is 0 Å². The lowest BCUT2D eigenvalue weighted by molar-refractivity contribution is -0.135. The average molecular weight is 237 g/mol. The molecule has 3 nitrogen and oxygen atoms in total. The van der Waals surface area contributed by atoms with Crippen LogP contribution in [0.5, 0.6) is 0 Å². The van der Waals surface area contributed by atoms with Crippen LogP contribution < -0.4 is 0 Å². The zero-order chi connectivity index (χ0) is 11.5. The topological polar surface area (TPSA) is 43.4 Å². The van der Waals surface area contributed by atoms with Gasteiger partial charge in [-0.05, 0) is 24.3 Å². The molecule has 0 radical (unpaired) electrons. The number of rotatable bonds is 2. The lowest BCUT2D eigenvalue weighted by Crippen LogP contribution is -1.97. The van der Waals surface area contributed by atoms with E-state index in [4.69, 9.17) is 16.3 Å². The fraction of sp³-hybridized carbons (Fsp3) is 0.167. The predicted molar refractivity (Wildman–Crippen MR) is 59.2 cm³/mol. The summed E-state index contributed by atoms with van der Waals surface area (Å²) < 4.78 is 4.85. The maximum atomic E-state index is 11.7. The van der Waals surface area contributed by atoms with Gasteiger partial charge in [-0.3, -0.25) is 9.59 Å². The maximum Gasteiger partial charge on any atom is 0.311 e. The molecule has 82 valence electrons. The molecular weight excluding hydrogens is 228 g/mol. The van der Waals surface area contributed by atoms with Crippen molar-refractivity contribution in [3.05, 3.63) is 46.7 Å². The van der Waals surface area contributed by atoms with E-state index in [9.17, 15) is 9.59 Å². The van der Waals surface area contributed by atoms with E-state index in [0.29, 0.717) is 29.2 Å². The molecule has 0 aliphatic carbocycles. The van der Waals surface area contributed by atoms with E-state index in [-0.39, 0.29) is 11.8 Å². The molecule has 0 saturated carbocycles. The molecule has 0 spiro atoms. The molecular formula is C12H9ClO3. The third kappa shape index (κ3) is 2.49. The number of halogens is 1. The summed E-state index contributed by atoms with van der Waals surface area (Å²) in [5.41, 5.74) is 0.528. The number of cyclic esters (lactones) is 1. The van der Waals surface area contributed by atoms with Crippen molar-refractivity contribution in [2.24, 2.45) is 0 Å². The van der Waals surface area contributed by atoms with Gasteiger partial charge in [0.15, 0.2) is 5.78 Å². The van der Waals surface area contributed by atoms with Crippen LogP contribution in [0.3, 0.4) is 0 Å². The zero-order valence-electron chi connectivity index (χ0n) is 8.40. The Balaban J connectivity index is 2.14. The number of hydrogen-bond acceptors (Lipinski definition) is 3. The molecule has 4 heteroatoms. The molecule has 1 saturated heterocycles. The fourth-order valence-electron chi connectivity index (χ4n) is 1.42. The summed E-state index contributed by atoms with van der Waals surface area (Å²) in [6.07, 6.45) is 2.20. The second-order valence-electron chi connectivity index (χ2n) is 3.46. The van der Waals surface area contributed by atoms with Crippen molar-refractivity contribution in [2.45, 2.75) is 12.8 Å². The van der Waals surface area contributed by atoms with Crippen LogP contribution in [0.25, 0.3) is 0 Å². The first-order valence-electron chi connectivity index (χ1n) is 4.86. The summed E-state index contributed by atoms with van der Waals surface area (Å²) >= 11 is 5.71. The van der Waals surface area contributed by atoms with Gasteiger partial charge in [0.05, 0.1) is 6.42 Å². The molecule has 1 fully saturated rings. The van der Waals surface area contributed by atoms with Crippen molar-refractivity contribution < 1.29 is 14.3 Å². The lowest BCUT2D eigenvalue weighted by atomic mass is 10.1. The molecule has 1 heterocycles. The van der Waals surface area contributed by atoms with Gasteiger partial charge in [-0.25, -0.2) is 0 Å². The summed E-state index contributed by atoms with van der Waals surface area (Å²) in [7, 11) is 0. The van der Waals surface area contributed by atoms with E-state index < -0.39 is 0 Å². The van der Waals surface area contributed by atoms with Gasteiger partial charge in [-0.2, -0.15) is 0 Å². The summed E-state index contributed by atoms with van der Waals surface area (Å²) in [5, 5.41) is 0.580. The van der Waals surface area contributed by atoms with Gasteiger partial charge in [0, 0.05) is 23.1 Å². The standard InChI is InChI=1S/C12H9ClO3/c13-9-3-1-8(2-4-9)11(14)7-10-5-6-12(15)16-10/h1-4,7H,5-6H2. The highest BCUT2D eigenvalue weighted by molar-refractivity contribution is 6.30. The second kappa shape index (κ2) is 4.49. The fourth-order valence-corrected chi connectivity index (χ4v) is 1.54. The van der Waals surface area contributed by atoms with E-state index in [1.807, 2.05) is 0 Å². The Bertz CT molecular complexity index is 460. The predicted octanol–water partition coefficient (Wildman–Crippen LogP) is 2.74. The van der Waals surface area contributed by atoms with Crippen molar-refractivity contribution in [1.82, 2.24) is 0 Å². The Kier molecular flexibility index (Phi) is 3.06. The zero-order valence-corrected chi connectivity index (χ0v) is 9.16. The molecule has 0 N–H and O–H groups in total. The Hall–Kier alpha value is -1.61. The normalized spacial score (nSPS) is 17.6. The molecule has 1 aliphatic heterocycles. The Morgan fingerprint density at radius 2 is 1.94 bits per heavy atom. The monoisotopic (exact) mass is 236 g/mol. The number of carbonyl (C=O) groups excluding carboxylic acids is 2. The number of hydrogen-bond donors (Lipinski definition) is 0. The maximum absolute atomic E-state index is 11.7. The molecule has 2 rings (SSSR count). The first-order valence-corrected chi connectivity index (χ1v) is 5.24. The van der Waals surface area contributed by atoms with Crippen LogP contribution in [-0.2, 0) is 9.53 Å². The lowest BCUT2D eigenvalue weighted by Gasteiger charge is -1.98. The molecule has 16 heavy (non-hydrogen) atoms. The van der Waals surface area contributed by atoms with Crippen molar-refractivity contribution >= 4 is 23.4 Å². The van der Waals surface area contributed by atoms with Crippen molar-refractivity contribution in [2.75, 3.05) is 0 Å². The first-order chi connectivity index (χ1) is 7.65. The molecule has 0 unspecified atom stereocenters. The number of allylic oxidation sites excluding steroid dienone is 2. The highest BCUT2D eigenvalue weighted by Crippen LogP contribution is 2.18. The first kappa shape index (κ1) is 10.9. The van der Waals surface area contributed by atoms with E-state index >= 15 is 0 Å². The van der Waals surface area contributed by atoms with Gasteiger partial charge >= 0.3 is 5.97 Å². The van der Waals surface area contributed by atoms with Gasteiger partial charge in [0.2, 0.25) is 0 Å². The highest BCUT2D eigenvalue weighted by Gasteiger charge is 2.18. The average Bonchev–Trinajstić information content (AvgIpc) is 2.65. The van der Waals surface area contributed by atoms with Crippen LogP contribution in [0, 0.1) is 0 Å². The van der Waals surface area contributed by atoms with Crippen molar-refractivity contribution in [1.29, 1.82) is 0 Å². The Morgan fingerprint density at radius 1 is 1.25 bits per heavy atom. The summed E-state index contributed by atoms with van der Waals surface area (Å²) in [5.74, 6) is -0.0264. The minimum atomic E-state index is -0.282. The molecule has 1 aliphatic rings. The molecule has 1 aromatic carbocycles. The Labute approximate surface area is 97.7 Å². The minimum Gasteiger partial charge on any atom is -0.431 e. The van der Waals surface area contributed by atoms with Crippen LogP contribution in [0.1, 0.15) is 23.2 Å². The van der Waals surface area contributed by atoms with Crippen LogP contribution >= 0.6 is 11.6 Å². The molecule has 1 aromatic rings. The molecule has 0 atom stereocenters. The largest absolute Gasteiger partial charge is 0.431 e. The SMILES string of the molecule is O=C1CCC(=CC(=O)c2ccc(Cl)cc2)O1. The second-order valence-corrected chi connectivity index (χ2v) is 3.89. The van der Waals surface area contributed by atoms with Crippen LogP contribution in [0.4, 0.5) is 0 Å². The van der Waals surface area contributed by atoms with E-state index in [2.05, 4.69) is 0 Å². The quantitative estimate of drug-likeness (QED) is 0.451. The van der Waals surface area contributed by atoms with Crippen molar-refractivity contribution in [3.63, 3.8) is 0 Å². The highest BCUT2D eigenvalue weighted by atomic mass is 35.5. The summed E-state index contributed by atoms with van der Waals surface area (Å²) in [6, 6.07) is 6.57. The van der Waals surface area contributed by atoms with Gasteiger partial charge in [0.25, 0.3) is 0 Å². The van der Waals surface area contributed by atoms with Crippen LogP contribution in [0.15, 0.2) is 36.1 Å². The molecule has 0 bridgehead atoms. The summed E-state index contributed by atoms with van der Waals surface area (Å²) in [4.78, 5) is 22.5. The third-order valence-corrected chi connectivity index (χ3v) is 2.49. The van der Waals surface area contributed by atoms with Crippen LogP contribution in [-0.4, -0.2) is 11.8 Å². The smallest absolute Gasteiger partial charge is 0.311 e. The number of ketones is 1.